The van der Waals surface area contributed by atoms with E-state index in [0.717, 1.165) is 37.2 Å². The number of likely N-dealkylation sites (tertiary alicyclic amines) is 1. The summed E-state index contributed by atoms with van der Waals surface area (Å²) in [6.07, 6.45) is 1.52. The molecular formula is C24H24FN3O4S. The van der Waals surface area contributed by atoms with Crippen molar-refractivity contribution in [1.82, 2.24) is 4.90 Å². The lowest BCUT2D eigenvalue weighted by atomic mass is 10.0. The highest BCUT2D eigenvalue weighted by atomic mass is 32.2. The van der Waals surface area contributed by atoms with Crippen molar-refractivity contribution >= 4 is 35.0 Å². The molecule has 4 aliphatic rings. The van der Waals surface area contributed by atoms with E-state index in [1.54, 1.807) is 21.9 Å². The van der Waals surface area contributed by atoms with E-state index in [0.29, 0.717) is 25.6 Å². The van der Waals surface area contributed by atoms with Crippen LogP contribution in [0.1, 0.15) is 18.4 Å². The van der Waals surface area contributed by atoms with Crippen LogP contribution in [0.2, 0.25) is 0 Å². The van der Waals surface area contributed by atoms with E-state index in [9.17, 15) is 14.0 Å². The quantitative estimate of drug-likeness (QED) is 0.689. The number of thioether (sulfide) groups is 1. The van der Waals surface area contributed by atoms with Gasteiger partial charge in [-0.15, -0.1) is 11.8 Å². The van der Waals surface area contributed by atoms with Crippen molar-refractivity contribution in [2.45, 2.75) is 23.5 Å². The van der Waals surface area contributed by atoms with E-state index in [1.807, 2.05) is 24.3 Å². The molecule has 4 heterocycles. The Hall–Kier alpha value is -2.46. The number of benzene rings is 2. The van der Waals surface area contributed by atoms with Crippen molar-refractivity contribution in [1.29, 1.82) is 0 Å². The van der Waals surface area contributed by atoms with Crippen molar-refractivity contribution in [2.75, 3.05) is 48.5 Å². The van der Waals surface area contributed by atoms with Crippen LogP contribution in [0.4, 0.5) is 15.8 Å². The summed E-state index contributed by atoms with van der Waals surface area (Å²) in [6, 6.07) is 13.4. The third-order valence-electron chi connectivity index (χ3n) is 6.92. The van der Waals surface area contributed by atoms with E-state index in [2.05, 4.69) is 4.90 Å². The summed E-state index contributed by atoms with van der Waals surface area (Å²) in [7, 11) is 0. The van der Waals surface area contributed by atoms with Gasteiger partial charge in [0.15, 0.2) is 5.79 Å². The second kappa shape index (κ2) is 7.80. The summed E-state index contributed by atoms with van der Waals surface area (Å²) in [5.41, 5.74) is 2.13. The molecule has 1 unspecified atom stereocenters. The molecule has 2 spiro atoms. The molecule has 0 aromatic heterocycles. The van der Waals surface area contributed by atoms with E-state index in [1.165, 1.54) is 23.9 Å². The van der Waals surface area contributed by atoms with Gasteiger partial charge in [-0.1, -0.05) is 18.2 Å². The van der Waals surface area contributed by atoms with Crippen molar-refractivity contribution in [3.05, 3.63) is 59.9 Å². The smallest absolute Gasteiger partial charge is 0.269 e. The molecule has 0 N–H and O–H groups in total. The van der Waals surface area contributed by atoms with Gasteiger partial charge in [-0.25, -0.2) is 4.39 Å². The van der Waals surface area contributed by atoms with Crippen molar-refractivity contribution < 1.29 is 23.5 Å². The summed E-state index contributed by atoms with van der Waals surface area (Å²) in [4.78, 5) is 31.5. The first kappa shape index (κ1) is 21.1. The summed E-state index contributed by atoms with van der Waals surface area (Å²) >= 11 is 1.33. The van der Waals surface area contributed by atoms with Gasteiger partial charge in [-0.05, 0) is 30.3 Å². The fourth-order valence-electron chi connectivity index (χ4n) is 5.31. The van der Waals surface area contributed by atoms with Crippen LogP contribution in [0.15, 0.2) is 48.5 Å². The number of fused-ring (bicyclic) bond motifs is 2. The maximum atomic E-state index is 14.1. The minimum Gasteiger partial charge on any atom is -0.347 e. The maximum Gasteiger partial charge on any atom is 0.269 e. The van der Waals surface area contributed by atoms with Gasteiger partial charge >= 0.3 is 0 Å². The summed E-state index contributed by atoms with van der Waals surface area (Å²) in [6.45, 7) is 3.20. The van der Waals surface area contributed by atoms with Crippen LogP contribution in [-0.4, -0.2) is 61.2 Å². The standard InChI is InChI=1S/C24H24FN3O4S/c25-17-5-7-18(8-6-17)28-21(29)15-33-24(28)19-3-1-2-4-20(19)27(22(24)30)16-26-11-9-23(10-12-26)31-13-14-32-23/h1-8H,9-16H2. The zero-order valence-electron chi connectivity index (χ0n) is 18.0. The number of carbonyl (C=O) groups excluding carboxylic acids is 2. The molecule has 0 bridgehead atoms. The molecule has 2 amide bonds. The second-order valence-electron chi connectivity index (χ2n) is 8.76. The molecular weight excluding hydrogens is 445 g/mol. The van der Waals surface area contributed by atoms with Gasteiger partial charge in [0.25, 0.3) is 5.91 Å². The van der Waals surface area contributed by atoms with Gasteiger partial charge in [0, 0.05) is 37.2 Å². The Kier molecular flexibility index (Phi) is 4.99. The number of rotatable bonds is 3. The highest BCUT2D eigenvalue weighted by molar-refractivity contribution is 8.02. The Labute approximate surface area is 195 Å². The summed E-state index contributed by atoms with van der Waals surface area (Å²) in [5.74, 6) is -0.973. The minimum atomic E-state index is -1.18. The van der Waals surface area contributed by atoms with Crippen LogP contribution in [0.5, 0.6) is 0 Å². The third kappa shape index (κ3) is 3.21. The van der Waals surface area contributed by atoms with Crippen molar-refractivity contribution in [2.24, 2.45) is 0 Å². The third-order valence-corrected chi connectivity index (χ3v) is 8.31. The average molecular weight is 470 g/mol. The zero-order chi connectivity index (χ0) is 22.6. The highest BCUT2D eigenvalue weighted by Crippen LogP contribution is 2.55. The molecule has 3 fully saturated rings. The average Bonchev–Trinajstić information content (AvgIpc) is 3.49. The van der Waals surface area contributed by atoms with E-state index >= 15 is 0 Å². The predicted octanol–water partition coefficient (Wildman–Crippen LogP) is 2.90. The largest absolute Gasteiger partial charge is 0.347 e. The van der Waals surface area contributed by atoms with Gasteiger partial charge in [0.2, 0.25) is 10.8 Å². The Bertz CT molecular complexity index is 1100. The van der Waals surface area contributed by atoms with Crippen LogP contribution in [0, 0.1) is 5.82 Å². The molecule has 3 saturated heterocycles. The Morgan fingerprint density at radius 3 is 2.39 bits per heavy atom. The lowest BCUT2D eigenvalue weighted by Gasteiger charge is -2.39. The Balaban J connectivity index is 1.32. The fourth-order valence-corrected chi connectivity index (χ4v) is 6.67. The highest BCUT2D eigenvalue weighted by Gasteiger charge is 2.61. The van der Waals surface area contributed by atoms with Gasteiger partial charge in [0.1, 0.15) is 5.82 Å². The van der Waals surface area contributed by atoms with E-state index in [-0.39, 0.29) is 23.4 Å². The molecule has 33 heavy (non-hydrogen) atoms. The maximum absolute atomic E-state index is 14.1. The van der Waals surface area contributed by atoms with Crippen LogP contribution >= 0.6 is 11.8 Å². The summed E-state index contributed by atoms with van der Waals surface area (Å²) in [5, 5.41) is 0. The zero-order valence-corrected chi connectivity index (χ0v) is 18.9. The lowest BCUT2D eigenvalue weighted by molar-refractivity contribution is -0.185. The molecule has 2 aromatic carbocycles. The molecule has 1 atom stereocenters. The molecule has 172 valence electrons. The molecule has 0 aliphatic carbocycles. The number of halogens is 1. The van der Waals surface area contributed by atoms with Gasteiger partial charge in [-0.3, -0.25) is 24.3 Å². The fraction of sp³-hybridized carbons (Fsp3) is 0.417. The number of hydrogen-bond donors (Lipinski definition) is 0. The Morgan fingerprint density at radius 2 is 1.67 bits per heavy atom. The molecule has 2 aromatic rings. The topological polar surface area (TPSA) is 62.3 Å². The van der Waals surface area contributed by atoms with Crippen LogP contribution in [-0.2, 0) is 23.9 Å². The molecule has 9 heteroatoms. The van der Waals surface area contributed by atoms with Crippen LogP contribution < -0.4 is 9.80 Å². The van der Waals surface area contributed by atoms with E-state index < -0.39 is 10.7 Å². The molecule has 0 radical (unpaired) electrons. The van der Waals surface area contributed by atoms with Gasteiger partial charge in [-0.2, -0.15) is 0 Å². The first-order chi connectivity index (χ1) is 16.0. The van der Waals surface area contributed by atoms with Crippen molar-refractivity contribution in [3.8, 4) is 0 Å². The predicted molar refractivity (Wildman–Crippen MR) is 122 cm³/mol. The van der Waals surface area contributed by atoms with Crippen LogP contribution in [0.3, 0.4) is 0 Å². The molecule has 7 nitrogen and oxygen atoms in total. The van der Waals surface area contributed by atoms with Gasteiger partial charge < -0.3 is 9.47 Å². The monoisotopic (exact) mass is 469 g/mol. The number of hydrogen-bond acceptors (Lipinski definition) is 6. The number of anilines is 2. The molecule has 6 rings (SSSR count). The first-order valence-electron chi connectivity index (χ1n) is 11.2. The molecule has 0 saturated carbocycles. The number of nitrogens with zero attached hydrogens (tertiary/aromatic N) is 3. The summed E-state index contributed by atoms with van der Waals surface area (Å²) < 4.78 is 25.2. The minimum absolute atomic E-state index is 0.141. The Morgan fingerprint density at radius 1 is 0.970 bits per heavy atom. The number of para-hydroxylation sites is 1. The lowest BCUT2D eigenvalue weighted by Crippen LogP contribution is -2.53. The SMILES string of the molecule is O=C1CSC2(C(=O)N(CN3CCC4(CC3)OCCO4)c3ccccc32)N1c1ccc(F)cc1. The number of ether oxygens (including phenoxy) is 2. The number of carbonyl (C=O) groups is 2. The van der Waals surface area contributed by atoms with Crippen LogP contribution in [0.25, 0.3) is 0 Å². The number of piperidine rings is 1. The number of amides is 2. The van der Waals surface area contributed by atoms with Crippen molar-refractivity contribution in [3.63, 3.8) is 0 Å². The second-order valence-corrected chi connectivity index (χ2v) is 9.92. The normalized spacial score (nSPS) is 26.7. The van der Waals surface area contributed by atoms with Gasteiger partial charge in [0.05, 0.1) is 31.3 Å². The van der Waals surface area contributed by atoms with E-state index in [4.69, 9.17) is 9.47 Å². The first-order valence-corrected chi connectivity index (χ1v) is 12.2. The molecule has 4 aliphatic heterocycles.